The van der Waals surface area contributed by atoms with Crippen LogP contribution in [0, 0.1) is 0 Å². The molecular formula is C22H23ClN2O5S2. The fraction of sp³-hybridized carbons (Fsp3) is 0.364. The molecule has 2 heterocycles. The molecule has 4 rings (SSSR count). The van der Waals surface area contributed by atoms with E-state index in [1.807, 2.05) is 0 Å². The first-order valence-corrected chi connectivity index (χ1v) is 13.2. The summed E-state index contributed by atoms with van der Waals surface area (Å²) in [5.74, 6) is 0.439. The number of nitrogens with zero attached hydrogens (tertiary/aromatic N) is 2. The number of carbonyl (C=O) groups is 1. The van der Waals surface area contributed by atoms with Gasteiger partial charge in [-0.15, -0.1) is 0 Å². The molecule has 32 heavy (non-hydrogen) atoms. The minimum Gasteiger partial charge on any atom is -0.494 e. The van der Waals surface area contributed by atoms with Gasteiger partial charge in [0.05, 0.1) is 40.8 Å². The van der Waals surface area contributed by atoms with E-state index < -0.39 is 9.84 Å². The zero-order chi connectivity index (χ0) is 22.9. The normalized spacial score (nSPS) is 16.4. The van der Waals surface area contributed by atoms with Crippen LogP contribution in [0.3, 0.4) is 0 Å². The summed E-state index contributed by atoms with van der Waals surface area (Å²) in [6.07, 6.45) is 3.04. The Bertz CT molecular complexity index is 1240. The van der Waals surface area contributed by atoms with Gasteiger partial charge in [0.2, 0.25) is 5.91 Å². The van der Waals surface area contributed by atoms with Crippen molar-refractivity contribution in [2.75, 3.05) is 31.4 Å². The predicted octanol–water partition coefficient (Wildman–Crippen LogP) is 4.12. The summed E-state index contributed by atoms with van der Waals surface area (Å²) >= 11 is 7.71. The second kappa shape index (κ2) is 9.35. The molecular weight excluding hydrogens is 472 g/mol. The number of amides is 1. The maximum absolute atomic E-state index is 13.4. The Hall–Kier alpha value is -2.20. The van der Waals surface area contributed by atoms with Crippen molar-refractivity contribution in [3.63, 3.8) is 0 Å². The van der Waals surface area contributed by atoms with E-state index in [9.17, 15) is 13.2 Å². The molecule has 0 N–H and O–H groups in total. The average molecular weight is 495 g/mol. The number of thiazole rings is 1. The van der Waals surface area contributed by atoms with Crippen molar-refractivity contribution in [1.82, 2.24) is 4.98 Å². The van der Waals surface area contributed by atoms with Crippen molar-refractivity contribution < 1.29 is 22.7 Å². The van der Waals surface area contributed by atoms with Gasteiger partial charge in [-0.05, 0) is 42.7 Å². The number of benzene rings is 2. The fourth-order valence-electron chi connectivity index (χ4n) is 3.62. The van der Waals surface area contributed by atoms with E-state index in [0.717, 1.165) is 29.4 Å². The average Bonchev–Trinajstić information content (AvgIpc) is 3.42. The summed E-state index contributed by atoms with van der Waals surface area (Å²) in [5.41, 5.74) is 1.33. The number of aromatic nitrogens is 1. The molecule has 170 valence electrons. The van der Waals surface area contributed by atoms with Crippen LogP contribution in [0.25, 0.3) is 10.2 Å². The second-order valence-corrected chi connectivity index (χ2v) is 11.1. The van der Waals surface area contributed by atoms with Crippen LogP contribution in [0.4, 0.5) is 5.13 Å². The van der Waals surface area contributed by atoms with Gasteiger partial charge in [-0.2, -0.15) is 0 Å². The molecule has 1 amide bonds. The molecule has 10 heteroatoms. The Kier molecular flexibility index (Phi) is 6.71. The third-order valence-electron chi connectivity index (χ3n) is 5.32. The van der Waals surface area contributed by atoms with Crippen LogP contribution in [-0.2, 0) is 25.8 Å². The van der Waals surface area contributed by atoms with Crippen LogP contribution in [0.2, 0.25) is 5.02 Å². The van der Waals surface area contributed by atoms with Gasteiger partial charge < -0.3 is 9.47 Å². The Balaban J connectivity index is 1.65. The van der Waals surface area contributed by atoms with E-state index in [1.165, 1.54) is 23.5 Å². The number of hydrogen-bond donors (Lipinski definition) is 0. The smallest absolute Gasteiger partial charge is 0.233 e. The molecule has 3 aromatic rings. The van der Waals surface area contributed by atoms with Gasteiger partial charge in [0.25, 0.3) is 0 Å². The second-order valence-electron chi connectivity index (χ2n) is 7.66. The molecule has 1 aliphatic heterocycles. The molecule has 2 aromatic carbocycles. The van der Waals surface area contributed by atoms with Crippen molar-refractivity contribution in [1.29, 1.82) is 0 Å². The Morgan fingerprint density at radius 3 is 2.66 bits per heavy atom. The first kappa shape index (κ1) is 23.0. The maximum atomic E-state index is 13.4. The van der Waals surface area contributed by atoms with E-state index in [4.69, 9.17) is 21.1 Å². The van der Waals surface area contributed by atoms with Gasteiger partial charge in [-0.25, -0.2) is 13.4 Å². The van der Waals surface area contributed by atoms with Gasteiger partial charge in [0.15, 0.2) is 15.0 Å². The minimum absolute atomic E-state index is 0.0593. The number of ether oxygens (including phenoxy) is 2. The van der Waals surface area contributed by atoms with Gasteiger partial charge >= 0.3 is 0 Å². The standard InChI is InChI=1S/C22H23ClN2O5S2/c1-29-18-10-9-17(23)21-20(18)24-22(31-21)25(13-15-4-3-11-30-15)19(26)12-14-5-7-16(8-6-14)32(2,27)28/h5-10,15H,3-4,11-13H2,1-2H3. The minimum atomic E-state index is -3.29. The highest BCUT2D eigenvalue weighted by Gasteiger charge is 2.27. The molecule has 1 fully saturated rings. The van der Waals surface area contributed by atoms with E-state index >= 15 is 0 Å². The lowest BCUT2D eigenvalue weighted by molar-refractivity contribution is -0.118. The SMILES string of the molecule is COc1ccc(Cl)c2sc(N(CC3CCCO3)C(=O)Cc3ccc(S(C)(=O)=O)cc3)nc12. The molecule has 0 radical (unpaired) electrons. The summed E-state index contributed by atoms with van der Waals surface area (Å²) in [7, 11) is -1.73. The maximum Gasteiger partial charge on any atom is 0.233 e. The lowest BCUT2D eigenvalue weighted by atomic mass is 10.1. The first-order chi connectivity index (χ1) is 15.3. The largest absolute Gasteiger partial charge is 0.494 e. The number of methoxy groups -OCH3 is 1. The van der Waals surface area contributed by atoms with Gasteiger partial charge in [-0.1, -0.05) is 35.1 Å². The van der Waals surface area contributed by atoms with Crippen LogP contribution in [0.5, 0.6) is 5.75 Å². The number of carbonyl (C=O) groups excluding carboxylic acids is 1. The molecule has 7 nitrogen and oxygen atoms in total. The summed E-state index contributed by atoms with van der Waals surface area (Å²) in [5, 5.41) is 1.07. The van der Waals surface area contributed by atoms with Gasteiger partial charge in [0, 0.05) is 12.9 Å². The highest BCUT2D eigenvalue weighted by Crippen LogP contribution is 2.39. The highest BCUT2D eigenvalue weighted by molar-refractivity contribution is 7.90. The number of hydrogen-bond acceptors (Lipinski definition) is 7. The zero-order valence-corrected chi connectivity index (χ0v) is 20.1. The predicted molar refractivity (Wildman–Crippen MR) is 126 cm³/mol. The molecule has 1 aliphatic rings. The van der Waals surface area contributed by atoms with E-state index in [2.05, 4.69) is 4.98 Å². The van der Waals surface area contributed by atoms with Crippen LogP contribution in [0.15, 0.2) is 41.3 Å². The zero-order valence-electron chi connectivity index (χ0n) is 17.7. The van der Waals surface area contributed by atoms with Crippen molar-refractivity contribution in [2.45, 2.75) is 30.3 Å². The summed E-state index contributed by atoms with van der Waals surface area (Å²) in [4.78, 5) is 19.9. The van der Waals surface area contributed by atoms with Crippen molar-refractivity contribution in [2.24, 2.45) is 0 Å². The van der Waals surface area contributed by atoms with Crippen molar-refractivity contribution >= 4 is 54.0 Å². The highest BCUT2D eigenvalue weighted by atomic mass is 35.5. The lowest BCUT2D eigenvalue weighted by Gasteiger charge is -2.23. The number of rotatable bonds is 7. The quantitative estimate of drug-likeness (QED) is 0.491. The molecule has 1 aromatic heterocycles. The van der Waals surface area contributed by atoms with Crippen LogP contribution >= 0.6 is 22.9 Å². The number of halogens is 1. The van der Waals surface area contributed by atoms with Crippen LogP contribution in [0.1, 0.15) is 18.4 Å². The Morgan fingerprint density at radius 1 is 1.28 bits per heavy atom. The summed E-state index contributed by atoms with van der Waals surface area (Å²) < 4.78 is 35.3. The summed E-state index contributed by atoms with van der Waals surface area (Å²) in [6, 6.07) is 9.87. The number of anilines is 1. The third kappa shape index (κ3) is 4.91. The molecule has 0 saturated carbocycles. The molecule has 1 unspecified atom stereocenters. The van der Waals surface area contributed by atoms with E-state index in [1.54, 1.807) is 36.3 Å². The molecule has 1 saturated heterocycles. The fourth-order valence-corrected chi connectivity index (χ4v) is 5.54. The number of fused-ring (bicyclic) bond motifs is 1. The van der Waals surface area contributed by atoms with E-state index in [0.29, 0.717) is 34.6 Å². The monoisotopic (exact) mass is 494 g/mol. The first-order valence-electron chi connectivity index (χ1n) is 10.1. The molecule has 0 bridgehead atoms. The molecule has 0 aliphatic carbocycles. The van der Waals surface area contributed by atoms with Crippen molar-refractivity contribution in [3.8, 4) is 5.75 Å². The molecule has 0 spiro atoms. The Labute approximate surface area is 195 Å². The molecule has 1 atom stereocenters. The van der Waals surface area contributed by atoms with Crippen LogP contribution < -0.4 is 9.64 Å². The van der Waals surface area contributed by atoms with Gasteiger partial charge in [-0.3, -0.25) is 9.69 Å². The Morgan fingerprint density at radius 2 is 2.03 bits per heavy atom. The van der Waals surface area contributed by atoms with Gasteiger partial charge in [0.1, 0.15) is 11.3 Å². The van der Waals surface area contributed by atoms with E-state index in [-0.39, 0.29) is 23.3 Å². The number of sulfone groups is 1. The third-order valence-corrected chi connectivity index (χ3v) is 7.98. The van der Waals surface area contributed by atoms with Crippen LogP contribution in [-0.4, -0.2) is 51.9 Å². The lowest BCUT2D eigenvalue weighted by Crippen LogP contribution is -2.38. The topological polar surface area (TPSA) is 85.8 Å². The summed E-state index contributed by atoms with van der Waals surface area (Å²) in [6.45, 7) is 1.07. The van der Waals surface area contributed by atoms with Crippen molar-refractivity contribution in [3.05, 3.63) is 47.0 Å².